The Labute approximate surface area is 106 Å². The SMILES string of the molecule is [N-]=[N+]=N[C@@H]1[C@H](O)[C@@H](n2ccc(N)nc2=O)O[C@H]1CO. The summed E-state index contributed by atoms with van der Waals surface area (Å²) >= 11 is 0. The molecular formula is C9H12N6O4. The van der Waals surface area contributed by atoms with Crippen molar-refractivity contribution in [3.05, 3.63) is 33.2 Å². The van der Waals surface area contributed by atoms with E-state index in [-0.39, 0.29) is 5.82 Å². The van der Waals surface area contributed by atoms with E-state index < -0.39 is 36.8 Å². The van der Waals surface area contributed by atoms with Gasteiger partial charge in [-0.05, 0) is 11.6 Å². The van der Waals surface area contributed by atoms with Gasteiger partial charge in [0.15, 0.2) is 6.23 Å². The van der Waals surface area contributed by atoms with Crippen molar-refractivity contribution in [2.45, 2.75) is 24.5 Å². The summed E-state index contributed by atoms with van der Waals surface area (Å²) in [6.07, 6.45) is -1.93. The zero-order valence-corrected chi connectivity index (χ0v) is 9.70. The third-order valence-corrected chi connectivity index (χ3v) is 2.83. The second kappa shape index (κ2) is 5.24. The Morgan fingerprint density at radius 3 is 3.00 bits per heavy atom. The smallest absolute Gasteiger partial charge is 0.351 e. The lowest BCUT2D eigenvalue weighted by Crippen LogP contribution is -2.35. The van der Waals surface area contributed by atoms with Gasteiger partial charge in [0.2, 0.25) is 0 Å². The lowest BCUT2D eigenvalue weighted by Gasteiger charge is -2.17. The first-order valence-corrected chi connectivity index (χ1v) is 5.41. The molecule has 19 heavy (non-hydrogen) atoms. The van der Waals surface area contributed by atoms with Crippen LogP contribution in [0.25, 0.3) is 10.4 Å². The molecule has 0 aromatic carbocycles. The number of aromatic nitrogens is 2. The number of azide groups is 1. The average Bonchev–Trinajstić information content (AvgIpc) is 2.68. The summed E-state index contributed by atoms with van der Waals surface area (Å²) < 4.78 is 6.34. The van der Waals surface area contributed by atoms with Gasteiger partial charge >= 0.3 is 5.69 Å². The molecule has 0 saturated carbocycles. The van der Waals surface area contributed by atoms with Gasteiger partial charge in [0.25, 0.3) is 0 Å². The summed E-state index contributed by atoms with van der Waals surface area (Å²) in [5, 5.41) is 22.5. The highest BCUT2D eigenvalue weighted by Crippen LogP contribution is 2.30. The summed E-state index contributed by atoms with van der Waals surface area (Å²) in [5.41, 5.74) is 13.1. The summed E-state index contributed by atoms with van der Waals surface area (Å²) in [4.78, 5) is 17.7. The van der Waals surface area contributed by atoms with Crippen LogP contribution < -0.4 is 11.4 Å². The van der Waals surface area contributed by atoms with Crippen LogP contribution in [-0.4, -0.2) is 44.6 Å². The Bertz CT molecular complexity index is 568. The van der Waals surface area contributed by atoms with Crippen LogP contribution in [0.4, 0.5) is 5.82 Å². The Morgan fingerprint density at radius 1 is 1.68 bits per heavy atom. The van der Waals surface area contributed by atoms with Crippen LogP contribution in [0.2, 0.25) is 0 Å². The van der Waals surface area contributed by atoms with Gasteiger partial charge in [-0.1, -0.05) is 5.11 Å². The Kier molecular flexibility index (Phi) is 3.67. The summed E-state index contributed by atoms with van der Waals surface area (Å²) in [7, 11) is 0. The maximum Gasteiger partial charge on any atom is 0.351 e. The molecule has 102 valence electrons. The van der Waals surface area contributed by atoms with Crippen LogP contribution in [0.15, 0.2) is 22.2 Å². The molecule has 2 heterocycles. The standard InChI is InChI=1S/C9H12N6O4/c10-5-1-2-15(9(18)12-5)8-7(17)6(13-14-11)4(3-16)19-8/h1-2,4,6-8,16-17H,3H2,(H2,10,12,18)/t4-,6-,7-,8-/m0/s1. The molecule has 1 aliphatic rings. The summed E-state index contributed by atoms with van der Waals surface area (Å²) in [6.45, 7) is -0.450. The van der Waals surface area contributed by atoms with Gasteiger partial charge in [0.1, 0.15) is 11.9 Å². The maximum atomic E-state index is 11.6. The van der Waals surface area contributed by atoms with Gasteiger partial charge < -0.3 is 20.7 Å². The highest BCUT2D eigenvalue weighted by Gasteiger charge is 2.44. The normalized spacial score (nSPS) is 30.0. The zero-order chi connectivity index (χ0) is 14.0. The van der Waals surface area contributed by atoms with Crippen molar-refractivity contribution < 1.29 is 14.9 Å². The van der Waals surface area contributed by atoms with E-state index in [4.69, 9.17) is 21.1 Å². The van der Waals surface area contributed by atoms with Crippen molar-refractivity contribution in [1.82, 2.24) is 9.55 Å². The highest BCUT2D eigenvalue weighted by atomic mass is 16.5. The van der Waals surface area contributed by atoms with Crippen LogP contribution in [0.3, 0.4) is 0 Å². The third-order valence-electron chi connectivity index (χ3n) is 2.83. The fraction of sp³-hybridized carbons (Fsp3) is 0.556. The molecule has 1 aliphatic heterocycles. The Balaban J connectivity index is 2.36. The monoisotopic (exact) mass is 268 g/mol. The second-order valence-corrected chi connectivity index (χ2v) is 3.98. The number of nitrogens with zero attached hydrogens (tertiary/aromatic N) is 5. The molecule has 4 N–H and O–H groups in total. The molecule has 10 heteroatoms. The number of nitrogen functional groups attached to an aromatic ring is 1. The van der Waals surface area contributed by atoms with Crippen molar-refractivity contribution in [2.75, 3.05) is 12.3 Å². The molecule has 0 spiro atoms. The zero-order valence-electron chi connectivity index (χ0n) is 9.70. The molecule has 0 unspecified atom stereocenters. The number of ether oxygens (including phenoxy) is 1. The average molecular weight is 268 g/mol. The van der Waals surface area contributed by atoms with Gasteiger partial charge in [0, 0.05) is 11.1 Å². The Morgan fingerprint density at radius 2 is 2.42 bits per heavy atom. The second-order valence-electron chi connectivity index (χ2n) is 3.98. The van der Waals surface area contributed by atoms with E-state index in [0.29, 0.717) is 0 Å². The fourth-order valence-electron chi connectivity index (χ4n) is 1.93. The molecule has 10 nitrogen and oxygen atoms in total. The van der Waals surface area contributed by atoms with Crippen molar-refractivity contribution in [2.24, 2.45) is 5.11 Å². The first-order chi connectivity index (χ1) is 9.08. The minimum absolute atomic E-state index is 0.0408. The van der Waals surface area contributed by atoms with E-state index in [2.05, 4.69) is 15.0 Å². The fourth-order valence-corrected chi connectivity index (χ4v) is 1.93. The number of hydrogen-bond acceptors (Lipinski definition) is 7. The van der Waals surface area contributed by atoms with Crippen molar-refractivity contribution in [3.8, 4) is 0 Å². The van der Waals surface area contributed by atoms with Crippen LogP contribution in [0.1, 0.15) is 6.23 Å². The topological polar surface area (TPSA) is 159 Å². The van der Waals surface area contributed by atoms with E-state index in [0.717, 1.165) is 4.57 Å². The van der Waals surface area contributed by atoms with Crippen molar-refractivity contribution >= 4 is 5.82 Å². The van der Waals surface area contributed by atoms with Gasteiger partial charge in [-0.2, -0.15) is 4.98 Å². The van der Waals surface area contributed by atoms with E-state index in [1.807, 2.05) is 0 Å². The quantitative estimate of drug-likeness (QED) is 0.353. The number of rotatable bonds is 3. The molecule has 4 atom stereocenters. The number of hydrogen-bond donors (Lipinski definition) is 3. The molecule has 2 rings (SSSR count). The van der Waals surface area contributed by atoms with Crippen LogP contribution in [-0.2, 0) is 4.74 Å². The van der Waals surface area contributed by atoms with Gasteiger partial charge in [-0.3, -0.25) is 4.57 Å². The molecule has 0 radical (unpaired) electrons. The minimum Gasteiger partial charge on any atom is -0.394 e. The summed E-state index contributed by atoms with van der Waals surface area (Å²) in [5.74, 6) is 0.0408. The number of nitrogens with two attached hydrogens (primary N) is 1. The predicted molar refractivity (Wildman–Crippen MR) is 62.8 cm³/mol. The minimum atomic E-state index is -1.27. The highest BCUT2D eigenvalue weighted by molar-refractivity contribution is 5.23. The first kappa shape index (κ1) is 13.3. The molecule has 0 aliphatic carbocycles. The van der Waals surface area contributed by atoms with Crippen LogP contribution in [0, 0.1) is 0 Å². The van der Waals surface area contributed by atoms with E-state index >= 15 is 0 Å². The summed E-state index contributed by atoms with van der Waals surface area (Å²) in [6, 6.07) is 0.385. The van der Waals surface area contributed by atoms with E-state index in [1.54, 1.807) is 0 Å². The van der Waals surface area contributed by atoms with Gasteiger partial charge in [0.05, 0.1) is 18.8 Å². The molecular weight excluding hydrogens is 256 g/mol. The lowest BCUT2D eigenvalue weighted by atomic mass is 10.1. The number of anilines is 1. The molecule has 1 saturated heterocycles. The number of aliphatic hydroxyl groups excluding tert-OH is 2. The largest absolute Gasteiger partial charge is 0.394 e. The molecule has 1 fully saturated rings. The van der Waals surface area contributed by atoms with Gasteiger partial charge in [-0.25, -0.2) is 4.79 Å². The number of aliphatic hydroxyl groups is 2. The van der Waals surface area contributed by atoms with Crippen LogP contribution >= 0.6 is 0 Å². The lowest BCUT2D eigenvalue weighted by molar-refractivity contribution is -0.0531. The van der Waals surface area contributed by atoms with Gasteiger partial charge in [-0.15, -0.1) is 0 Å². The molecule has 1 aromatic rings. The molecule has 1 aromatic heterocycles. The molecule has 0 amide bonds. The van der Waals surface area contributed by atoms with Crippen molar-refractivity contribution in [1.29, 1.82) is 0 Å². The predicted octanol–water partition coefficient (Wildman–Crippen LogP) is -1.24. The van der Waals surface area contributed by atoms with Crippen molar-refractivity contribution in [3.63, 3.8) is 0 Å². The molecule has 0 bridgehead atoms. The third kappa shape index (κ3) is 2.37. The van der Waals surface area contributed by atoms with E-state index in [1.165, 1.54) is 12.3 Å². The first-order valence-electron chi connectivity index (χ1n) is 5.41. The maximum absolute atomic E-state index is 11.6. The van der Waals surface area contributed by atoms with E-state index in [9.17, 15) is 9.90 Å². The Hall–Kier alpha value is -2.13. The van der Waals surface area contributed by atoms with Crippen LogP contribution in [0.5, 0.6) is 0 Å².